The van der Waals surface area contributed by atoms with Crippen LogP contribution in [0.2, 0.25) is 0 Å². The van der Waals surface area contributed by atoms with Gasteiger partial charge in [0.25, 0.3) is 0 Å². The lowest BCUT2D eigenvalue weighted by Gasteiger charge is -2.17. The minimum absolute atomic E-state index is 0.510. The van der Waals surface area contributed by atoms with Crippen LogP contribution in [0.3, 0.4) is 0 Å². The summed E-state index contributed by atoms with van der Waals surface area (Å²) in [5.74, 6) is 3.50. The van der Waals surface area contributed by atoms with Crippen molar-refractivity contribution >= 4 is 22.8 Å². The Morgan fingerprint density at radius 2 is 2.10 bits per heavy atom. The van der Waals surface area contributed by atoms with Gasteiger partial charge in [0, 0.05) is 25.3 Å². The van der Waals surface area contributed by atoms with Crippen LogP contribution in [0.25, 0.3) is 11.0 Å². The van der Waals surface area contributed by atoms with Gasteiger partial charge in [0.05, 0.1) is 11.0 Å². The average molecular weight is 291 g/mol. The highest BCUT2D eigenvalue weighted by Crippen LogP contribution is 2.16. The van der Waals surface area contributed by atoms with Crippen molar-refractivity contribution in [2.45, 2.75) is 32.7 Å². The normalized spacial score (nSPS) is 12.9. The molecule has 0 amide bonds. The number of fused-ring (bicyclic) bond motifs is 1. The van der Waals surface area contributed by atoms with Gasteiger partial charge in [-0.25, -0.2) is 4.98 Å². The Balaban J connectivity index is 2.12. The third kappa shape index (κ3) is 3.76. The van der Waals surface area contributed by atoms with Gasteiger partial charge >= 0.3 is 0 Å². The Hall–Kier alpha value is -1.00. The molecule has 0 fully saturated rings. The van der Waals surface area contributed by atoms with E-state index in [1.165, 1.54) is 23.5 Å². The molecule has 0 saturated carbocycles. The van der Waals surface area contributed by atoms with Gasteiger partial charge < -0.3 is 9.88 Å². The van der Waals surface area contributed by atoms with E-state index in [1.54, 1.807) is 0 Å². The van der Waals surface area contributed by atoms with Gasteiger partial charge in [-0.15, -0.1) is 0 Å². The second-order valence-corrected chi connectivity index (χ2v) is 6.41. The van der Waals surface area contributed by atoms with Crippen LogP contribution in [-0.2, 0) is 13.5 Å². The van der Waals surface area contributed by atoms with E-state index in [-0.39, 0.29) is 0 Å². The summed E-state index contributed by atoms with van der Waals surface area (Å²) in [6.45, 7) is 5.52. The molecule has 1 aromatic heterocycles. The standard InChI is InChI=1S/C16H25N3S/c1-4-10-17-13(12-20-5-2)11-16-18-14-8-6-7-9-15(14)19(16)3/h6-9,13,17H,4-5,10-12H2,1-3H3. The number of hydrogen-bond donors (Lipinski definition) is 1. The zero-order valence-corrected chi connectivity index (χ0v) is 13.5. The molecule has 1 heterocycles. The van der Waals surface area contributed by atoms with E-state index in [0.717, 1.165) is 24.2 Å². The summed E-state index contributed by atoms with van der Waals surface area (Å²) >= 11 is 2.00. The van der Waals surface area contributed by atoms with Gasteiger partial charge in [0.15, 0.2) is 0 Å². The van der Waals surface area contributed by atoms with Gasteiger partial charge in [0.2, 0.25) is 0 Å². The fourth-order valence-corrected chi connectivity index (χ4v) is 3.15. The van der Waals surface area contributed by atoms with Crippen molar-refractivity contribution < 1.29 is 0 Å². The van der Waals surface area contributed by atoms with Crippen LogP contribution in [0.5, 0.6) is 0 Å². The summed E-state index contributed by atoms with van der Waals surface area (Å²) in [5, 5.41) is 3.65. The van der Waals surface area contributed by atoms with E-state index in [0.29, 0.717) is 6.04 Å². The van der Waals surface area contributed by atoms with Crippen molar-refractivity contribution in [2.24, 2.45) is 7.05 Å². The fraction of sp³-hybridized carbons (Fsp3) is 0.562. The molecule has 4 heteroatoms. The number of imidazole rings is 1. The van der Waals surface area contributed by atoms with E-state index in [1.807, 2.05) is 11.8 Å². The summed E-state index contributed by atoms with van der Waals surface area (Å²) < 4.78 is 2.23. The Bertz CT molecular complexity index is 528. The van der Waals surface area contributed by atoms with Crippen molar-refractivity contribution in [3.05, 3.63) is 30.1 Å². The first kappa shape index (κ1) is 15.4. The first-order chi connectivity index (χ1) is 9.76. The fourth-order valence-electron chi connectivity index (χ4n) is 2.40. The van der Waals surface area contributed by atoms with Crippen molar-refractivity contribution in [1.82, 2.24) is 14.9 Å². The van der Waals surface area contributed by atoms with E-state index in [4.69, 9.17) is 4.98 Å². The summed E-state index contributed by atoms with van der Waals surface area (Å²) in [7, 11) is 2.12. The average Bonchev–Trinajstić information content (AvgIpc) is 2.79. The number of nitrogens with one attached hydrogen (secondary N) is 1. The lowest BCUT2D eigenvalue weighted by Crippen LogP contribution is -2.34. The monoisotopic (exact) mass is 291 g/mol. The lowest BCUT2D eigenvalue weighted by atomic mass is 10.2. The molecule has 0 aliphatic heterocycles. The molecule has 20 heavy (non-hydrogen) atoms. The number of nitrogens with zero attached hydrogens (tertiary/aromatic N) is 2. The number of aryl methyl sites for hydroxylation is 1. The maximum atomic E-state index is 4.78. The highest BCUT2D eigenvalue weighted by molar-refractivity contribution is 7.99. The lowest BCUT2D eigenvalue weighted by molar-refractivity contribution is 0.533. The largest absolute Gasteiger partial charge is 0.331 e. The van der Waals surface area contributed by atoms with Gasteiger partial charge in [-0.2, -0.15) is 11.8 Å². The SMILES string of the molecule is CCCNC(CSCC)Cc1nc2ccccc2n1C. The summed E-state index contributed by atoms with van der Waals surface area (Å²) in [5.41, 5.74) is 2.32. The number of benzene rings is 1. The first-order valence-electron chi connectivity index (χ1n) is 7.47. The highest BCUT2D eigenvalue weighted by Gasteiger charge is 2.14. The molecule has 1 aromatic carbocycles. The van der Waals surface area contributed by atoms with Gasteiger partial charge in [-0.05, 0) is 30.9 Å². The predicted molar refractivity (Wildman–Crippen MR) is 89.5 cm³/mol. The molecule has 1 atom stereocenters. The molecule has 1 unspecified atom stereocenters. The molecule has 0 aliphatic carbocycles. The van der Waals surface area contributed by atoms with E-state index < -0.39 is 0 Å². The van der Waals surface area contributed by atoms with Crippen molar-refractivity contribution in [3.8, 4) is 0 Å². The van der Waals surface area contributed by atoms with Crippen LogP contribution in [0.1, 0.15) is 26.1 Å². The third-order valence-corrected chi connectivity index (χ3v) is 4.56. The molecule has 2 rings (SSSR count). The van der Waals surface area contributed by atoms with Gasteiger partial charge in [0.1, 0.15) is 5.82 Å². The minimum atomic E-state index is 0.510. The second-order valence-electron chi connectivity index (χ2n) is 5.09. The molecule has 110 valence electrons. The Morgan fingerprint density at radius 1 is 1.30 bits per heavy atom. The molecule has 2 aromatic rings. The topological polar surface area (TPSA) is 29.9 Å². The molecule has 1 N–H and O–H groups in total. The molecule has 0 bridgehead atoms. The molecule has 0 saturated heterocycles. The molecule has 3 nitrogen and oxygen atoms in total. The maximum Gasteiger partial charge on any atom is 0.111 e. The number of rotatable bonds is 8. The Kier molecular flexibility index (Phi) is 5.92. The summed E-state index contributed by atoms with van der Waals surface area (Å²) in [6, 6.07) is 8.87. The zero-order valence-electron chi connectivity index (χ0n) is 12.7. The van der Waals surface area contributed by atoms with Crippen LogP contribution in [0, 0.1) is 0 Å². The Morgan fingerprint density at radius 3 is 2.80 bits per heavy atom. The molecular formula is C16H25N3S. The second kappa shape index (κ2) is 7.70. The number of thioether (sulfide) groups is 1. The van der Waals surface area contributed by atoms with Crippen molar-refractivity contribution in [3.63, 3.8) is 0 Å². The summed E-state index contributed by atoms with van der Waals surface area (Å²) in [4.78, 5) is 4.78. The number of hydrogen-bond acceptors (Lipinski definition) is 3. The van der Waals surface area contributed by atoms with Crippen molar-refractivity contribution in [1.29, 1.82) is 0 Å². The number of para-hydroxylation sites is 2. The summed E-state index contributed by atoms with van der Waals surface area (Å²) in [6.07, 6.45) is 2.17. The van der Waals surface area contributed by atoms with Crippen LogP contribution in [0.15, 0.2) is 24.3 Å². The first-order valence-corrected chi connectivity index (χ1v) is 8.63. The molecular weight excluding hydrogens is 266 g/mol. The van der Waals surface area contributed by atoms with E-state index in [9.17, 15) is 0 Å². The van der Waals surface area contributed by atoms with Crippen molar-refractivity contribution in [2.75, 3.05) is 18.1 Å². The van der Waals surface area contributed by atoms with Crippen LogP contribution in [0.4, 0.5) is 0 Å². The van der Waals surface area contributed by atoms with Gasteiger partial charge in [-0.3, -0.25) is 0 Å². The number of aromatic nitrogens is 2. The maximum absolute atomic E-state index is 4.78. The third-order valence-electron chi connectivity index (χ3n) is 3.51. The quantitative estimate of drug-likeness (QED) is 0.810. The highest BCUT2D eigenvalue weighted by atomic mass is 32.2. The zero-order chi connectivity index (χ0) is 14.4. The smallest absolute Gasteiger partial charge is 0.111 e. The Labute approximate surface area is 126 Å². The van der Waals surface area contributed by atoms with Crippen LogP contribution < -0.4 is 5.32 Å². The minimum Gasteiger partial charge on any atom is -0.331 e. The van der Waals surface area contributed by atoms with Crippen LogP contribution >= 0.6 is 11.8 Å². The van der Waals surface area contributed by atoms with Gasteiger partial charge in [-0.1, -0.05) is 26.0 Å². The molecule has 0 aliphatic rings. The van der Waals surface area contributed by atoms with E-state index >= 15 is 0 Å². The van der Waals surface area contributed by atoms with Crippen LogP contribution in [-0.4, -0.2) is 33.6 Å². The molecule has 0 radical (unpaired) electrons. The predicted octanol–water partition coefficient (Wildman–Crippen LogP) is 3.24. The van der Waals surface area contributed by atoms with E-state index in [2.05, 4.69) is 55.0 Å². The molecule has 0 spiro atoms.